The first-order chi connectivity index (χ1) is 14.9. The molecule has 0 aliphatic rings. The number of hydrogen-bond acceptors (Lipinski definition) is 7. The molecule has 0 heterocycles. The van der Waals surface area contributed by atoms with Crippen LogP contribution in [0.3, 0.4) is 0 Å². The van der Waals surface area contributed by atoms with Gasteiger partial charge < -0.3 is 19.3 Å². The number of hydrogen-bond donors (Lipinski definition) is 2. The Morgan fingerprint density at radius 1 is 1.00 bits per heavy atom. The average Bonchev–Trinajstić information content (AvgIpc) is 2.68. The van der Waals surface area contributed by atoms with Crippen molar-refractivity contribution in [2.75, 3.05) is 52.7 Å². The first-order valence-electron chi connectivity index (χ1n) is 11.2. The Morgan fingerprint density at radius 3 is 2.03 bits per heavy atom. The van der Waals surface area contributed by atoms with Crippen LogP contribution in [-0.2, 0) is 34.0 Å². The van der Waals surface area contributed by atoms with Crippen LogP contribution in [-0.4, -0.2) is 88.0 Å². The number of nitrogens with one attached hydrogen (secondary N) is 1. The predicted molar refractivity (Wildman–Crippen MR) is 125 cm³/mol. The van der Waals surface area contributed by atoms with Crippen LogP contribution in [0, 0.1) is 16.7 Å². The SMILES string of the molecule is CCC(C)(CC(C)(C)C(=O)OCCNC(=O)C(C)C)C(=O)OCC[N+](C)(C)CCS(=O)(=O)O. The quantitative estimate of drug-likeness (QED) is 0.151. The Labute approximate surface area is 198 Å². The average molecular weight is 496 g/mol. The van der Waals surface area contributed by atoms with Crippen molar-refractivity contribution < 1.29 is 41.3 Å². The van der Waals surface area contributed by atoms with Crippen LogP contribution < -0.4 is 5.32 Å². The number of carbonyl (C=O) groups excluding carboxylic acids is 3. The molecular formula is C22H43N2O8S+. The minimum Gasteiger partial charge on any atom is -0.463 e. The second kappa shape index (κ2) is 12.7. The van der Waals surface area contributed by atoms with Gasteiger partial charge in [0.25, 0.3) is 10.1 Å². The van der Waals surface area contributed by atoms with Crippen LogP contribution in [0.1, 0.15) is 54.4 Å². The molecule has 1 amide bonds. The van der Waals surface area contributed by atoms with Crippen LogP contribution >= 0.6 is 0 Å². The Kier molecular flexibility index (Phi) is 12.0. The summed E-state index contributed by atoms with van der Waals surface area (Å²) in [4.78, 5) is 37.0. The standard InChI is InChI=1S/C22H42N2O8S/c1-9-22(6,20(27)32-14-11-24(7,8)12-15-33(28,29)30)16-21(4,5)19(26)31-13-10-23-18(25)17(2)3/h17H,9-16H2,1-8H3,(H-,23,25,28,29,30)/p+1. The van der Waals surface area contributed by atoms with E-state index in [4.69, 9.17) is 14.0 Å². The molecule has 0 saturated heterocycles. The minimum atomic E-state index is -4.06. The Hall–Kier alpha value is -1.72. The number of quaternary nitrogens is 1. The Balaban J connectivity index is 4.79. The lowest BCUT2D eigenvalue weighted by molar-refractivity contribution is -0.888. The highest BCUT2D eigenvalue weighted by Gasteiger charge is 2.43. The van der Waals surface area contributed by atoms with E-state index in [1.807, 2.05) is 6.92 Å². The summed E-state index contributed by atoms with van der Waals surface area (Å²) in [5, 5.41) is 2.68. The highest BCUT2D eigenvalue weighted by atomic mass is 32.2. The second-order valence-electron chi connectivity index (χ2n) is 10.4. The molecule has 0 spiro atoms. The maximum Gasteiger partial charge on any atom is 0.312 e. The summed E-state index contributed by atoms with van der Waals surface area (Å²) < 4.78 is 41.9. The van der Waals surface area contributed by atoms with Crippen molar-refractivity contribution in [1.29, 1.82) is 0 Å². The highest BCUT2D eigenvalue weighted by molar-refractivity contribution is 7.85. The fraction of sp³-hybridized carbons (Fsp3) is 0.864. The molecule has 0 aromatic rings. The summed E-state index contributed by atoms with van der Waals surface area (Å²) in [6.45, 7) is 11.4. The van der Waals surface area contributed by atoms with E-state index in [0.717, 1.165) is 0 Å². The van der Waals surface area contributed by atoms with Gasteiger partial charge in [-0.3, -0.25) is 18.9 Å². The van der Waals surface area contributed by atoms with Gasteiger partial charge in [0.1, 0.15) is 25.5 Å². The molecule has 1 unspecified atom stereocenters. The van der Waals surface area contributed by atoms with Crippen LogP contribution in [0.15, 0.2) is 0 Å². The number of esters is 2. The lowest BCUT2D eigenvalue weighted by atomic mass is 9.72. The van der Waals surface area contributed by atoms with Crippen molar-refractivity contribution in [2.45, 2.75) is 54.4 Å². The zero-order chi connectivity index (χ0) is 26.1. The molecule has 0 saturated carbocycles. The molecule has 1 atom stereocenters. The fourth-order valence-corrected chi connectivity index (χ4v) is 3.87. The highest BCUT2D eigenvalue weighted by Crippen LogP contribution is 2.38. The van der Waals surface area contributed by atoms with Gasteiger partial charge in [0.05, 0.1) is 38.0 Å². The van der Waals surface area contributed by atoms with Crippen molar-refractivity contribution in [3.63, 3.8) is 0 Å². The molecule has 0 bridgehead atoms. The molecule has 194 valence electrons. The van der Waals surface area contributed by atoms with E-state index in [9.17, 15) is 22.8 Å². The van der Waals surface area contributed by atoms with Crippen LogP contribution in [0.4, 0.5) is 0 Å². The molecule has 2 N–H and O–H groups in total. The second-order valence-corrected chi connectivity index (χ2v) is 11.9. The lowest BCUT2D eigenvalue weighted by Gasteiger charge is -2.34. The van der Waals surface area contributed by atoms with Crippen molar-refractivity contribution in [3.05, 3.63) is 0 Å². The topological polar surface area (TPSA) is 136 Å². The van der Waals surface area contributed by atoms with E-state index < -0.39 is 32.9 Å². The van der Waals surface area contributed by atoms with E-state index in [-0.39, 0.29) is 54.8 Å². The molecule has 0 aliphatic carbocycles. The summed E-state index contributed by atoms with van der Waals surface area (Å²) in [6, 6.07) is 0. The number of amides is 1. The fourth-order valence-electron chi connectivity index (χ4n) is 3.14. The van der Waals surface area contributed by atoms with E-state index in [0.29, 0.717) is 13.0 Å². The van der Waals surface area contributed by atoms with Crippen molar-refractivity contribution >= 4 is 28.0 Å². The molecule has 11 heteroatoms. The summed E-state index contributed by atoms with van der Waals surface area (Å²) in [5.74, 6) is -1.55. The number of carbonyl (C=O) groups is 3. The first kappa shape index (κ1) is 31.3. The van der Waals surface area contributed by atoms with Gasteiger partial charge in [-0.25, -0.2) is 0 Å². The van der Waals surface area contributed by atoms with Crippen LogP contribution in [0.5, 0.6) is 0 Å². The van der Waals surface area contributed by atoms with Crippen LogP contribution in [0.25, 0.3) is 0 Å². The van der Waals surface area contributed by atoms with Crippen LogP contribution in [0.2, 0.25) is 0 Å². The monoisotopic (exact) mass is 495 g/mol. The lowest BCUT2D eigenvalue weighted by Crippen LogP contribution is -2.46. The number of rotatable bonds is 15. The minimum absolute atomic E-state index is 0.0462. The van der Waals surface area contributed by atoms with Crippen molar-refractivity contribution in [1.82, 2.24) is 5.32 Å². The third-order valence-electron chi connectivity index (χ3n) is 5.70. The maximum atomic E-state index is 12.8. The molecule has 33 heavy (non-hydrogen) atoms. The van der Waals surface area contributed by atoms with Gasteiger partial charge in [-0.2, -0.15) is 8.42 Å². The van der Waals surface area contributed by atoms with Gasteiger partial charge in [0.2, 0.25) is 5.91 Å². The summed E-state index contributed by atoms with van der Waals surface area (Å²) in [5.41, 5.74) is -1.86. The van der Waals surface area contributed by atoms with Gasteiger partial charge in [-0.05, 0) is 33.6 Å². The van der Waals surface area contributed by atoms with Crippen molar-refractivity contribution in [2.24, 2.45) is 16.7 Å². The zero-order valence-corrected chi connectivity index (χ0v) is 22.2. The van der Waals surface area contributed by atoms with Gasteiger partial charge >= 0.3 is 11.9 Å². The predicted octanol–water partition coefficient (Wildman–Crippen LogP) is 1.64. The van der Waals surface area contributed by atoms with Gasteiger partial charge in [-0.15, -0.1) is 0 Å². The molecular weight excluding hydrogens is 452 g/mol. The van der Waals surface area contributed by atoms with E-state index in [1.165, 1.54) is 0 Å². The number of nitrogens with zero attached hydrogens (tertiary/aromatic N) is 1. The smallest absolute Gasteiger partial charge is 0.312 e. The third kappa shape index (κ3) is 12.4. The Morgan fingerprint density at radius 2 is 1.55 bits per heavy atom. The van der Waals surface area contributed by atoms with E-state index >= 15 is 0 Å². The molecule has 0 rings (SSSR count). The summed E-state index contributed by atoms with van der Waals surface area (Å²) >= 11 is 0. The largest absolute Gasteiger partial charge is 0.463 e. The maximum absolute atomic E-state index is 12.8. The zero-order valence-electron chi connectivity index (χ0n) is 21.4. The molecule has 0 aliphatic heterocycles. The number of likely N-dealkylation sites (N-methyl/N-ethyl adjacent to an activating group) is 1. The normalized spacial score (nSPS) is 14.5. The Bertz CT molecular complexity index is 777. The molecule has 10 nitrogen and oxygen atoms in total. The van der Waals surface area contributed by atoms with E-state index in [2.05, 4.69) is 5.32 Å². The third-order valence-corrected chi connectivity index (χ3v) is 6.40. The van der Waals surface area contributed by atoms with E-state index in [1.54, 1.807) is 48.7 Å². The molecule has 0 aromatic carbocycles. The molecule has 0 fully saturated rings. The van der Waals surface area contributed by atoms with Crippen molar-refractivity contribution in [3.8, 4) is 0 Å². The first-order valence-corrected chi connectivity index (χ1v) is 12.9. The van der Waals surface area contributed by atoms with Gasteiger partial charge in [0.15, 0.2) is 0 Å². The molecule has 0 radical (unpaired) electrons. The number of ether oxygens (including phenoxy) is 2. The van der Waals surface area contributed by atoms with Gasteiger partial charge in [0, 0.05) is 5.92 Å². The van der Waals surface area contributed by atoms with Gasteiger partial charge in [-0.1, -0.05) is 20.8 Å². The molecule has 0 aromatic heterocycles. The summed E-state index contributed by atoms with van der Waals surface area (Å²) in [6.07, 6.45) is 0.668. The summed E-state index contributed by atoms with van der Waals surface area (Å²) in [7, 11) is -0.502.